The first-order chi connectivity index (χ1) is 15.3. The number of benzene rings is 3. The van der Waals surface area contributed by atoms with Crippen LogP contribution in [0.4, 0.5) is 10.1 Å². The molecule has 0 saturated carbocycles. The zero-order chi connectivity index (χ0) is 22.7. The maximum Gasteiger partial charge on any atom is 0.261 e. The molecule has 0 aliphatic rings. The van der Waals surface area contributed by atoms with Crippen LogP contribution in [0, 0.1) is 12.7 Å². The standard InChI is InChI=1S/C23H21FN4O3S/c1-16-26-21-8-4-5-9-22(21)28(16)15-14-25-23(29)19-6-2-3-7-20(19)27-32(30,31)18-12-10-17(24)11-13-18/h2-13,27H,14-15H2,1H3,(H,25,29). The lowest BCUT2D eigenvalue weighted by molar-refractivity contribution is 0.0953. The van der Waals surface area contributed by atoms with Gasteiger partial charge < -0.3 is 9.88 Å². The number of fused-ring (bicyclic) bond motifs is 1. The van der Waals surface area contributed by atoms with Gasteiger partial charge in [-0.25, -0.2) is 17.8 Å². The molecule has 0 fully saturated rings. The monoisotopic (exact) mass is 452 g/mol. The van der Waals surface area contributed by atoms with Crippen LogP contribution in [-0.2, 0) is 16.6 Å². The maximum absolute atomic E-state index is 13.1. The van der Waals surface area contributed by atoms with Gasteiger partial charge in [-0.2, -0.15) is 0 Å². The smallest absolute Gasteiger partial charge is 0.261 e. The number of sulfonamides is 1. The van der Waals surface area contributed by atoms with Crippen molar-refractivity contribution in [1.82, 2.24) is 14.9 Å². The Bertz CT molecular complexity index is 1380. The van der Waals surface area contributed by atoms with E-state index in [1.54, 1.807) is 12.1 Å². The van der Waals surface area contributed by atoms with E-state index in [1.807, 2.05) is 35.8 Å². The highest BCUT2D eigenvalue weighted by Crippen LogP contribution is 2.21. The van der Waals surface area contributed by atoms with E-state index in [-0.39, 0.29) is 16.1 Å². The molecule has 0 saturated heterocycles. The number of anilines is 1. The predicted molar refractivity (Wildman–Crippen MR) is 120 cm³/mol. The lowest BCUT2D eigenvalue weighted by Gasteiger charge is -2.13. The molecule has 1 aromatic heterocycles. The minimum atomic E-state index is -3.98. The van der Waals surface area contributed by atoms with Gasteiger partial charge >= 0.3 is 0 Å². The molecule has 164 valence electrons. The Labute approximate surface area is 185 Å². The third kappa shape index (κ3) is 4.47. The normalized spacial score (nSPS) is 11.4. The second-order valence-corrected chi connectivity index (χ2v) is 8.84. The molecule has 32 heavy (non-hydrogen) atoms. The Kier molecular flexibility index (Phi) is 5.91. The van der Waals surface area contributed by atoms with Crippen molar-refractivity contribution in [1.29, 1.82) is 0 Å². The molecule has 4 aromatic rings. The summed E-state index contributed by atoms with van der Waals surface area (Å²) in [6.07, 6.45) is 0. The molecule has 1 heterocycles. The minimum Gasteiger partial charge on any atom is -0.350 e. The van der Waals surface area contributed by atoms with E-state index in [9.17, 15) is 17.6 Å². The number of para-hydroxylation sites is 3. The number of hydrogen-bond acceptors (Lipinski definition) is 4. The number of aromatic nitrogens is 2. The van der Waals surface area contributed by atoms with Crippen molar-refractivity contribution >= 4 is 32.7 Å². The van der Waals surface area contributed by atoms with Crippen LogP contribution in [0.25, 0.3) is 11.0 Å². The van der Waals surface area contributed by atoms with Crippen molar-refractivity contribution in [3.8, 4) is 0 Å². The van der Waals surface area contributed by atoms with E-state index in [4.69, 9.17) is 0 Å². The molecule has 1 amide bonds. The van der Waals surface area contributed by atoms with E-state index < -0.39 is 21.7 Å². The van der Waals surface area contributed by atoms with Crippen LogP contribution in [0.1, 0.15) is 16.2 Å². The number of nitrogens with zero attached hydrogens (tertiary/aromatic N) is 2. The SMILES string of the molecule is Cc1nc2ccccc2n1CCNC(=O)c1ccccc1NS(=O)(=O)c1ccc(F)cc1. The molecular weight excluding hydrogens is 431 g/mol. The van der Waals surface area contributed by atoms with Crippen molar-refractivity contribution < 1.29 is 17.6 Å². The van der Waals surface area contributed by atoms with Crippen molar-refractivity contribution in [3.05, 3.63) is 90.0 Å². The molecule has 3 aromatic carbocycles. The van der Waals surface area contributed by atoms with Crippen LogP contribution in [-0.4, -0.2) is 30.4 Å². The topological polar surface area (TPSA) is 93.1 Å². The van der Waals surface area contributed by atoms with Gasteiger partial charge in [0.15, 0.2) is 0 Å². The number of imidazole rings is 1. The fraction of sp³-hybridized carbons (Fsp3) is 0.130. The Hall–Kier alpha value is -3.72. The molecule has 0 aliphatic heterocycles. The van der Waals surface area contributed by atoms with Gasteiger partial charge in [-0.1, -0.05) is 24.3 Å². The summed E-state index contributed by atoms with van der Waals surface area (Å²) in [5.74, 6) is -0.109. The summed E-state index contributed by atoms with van der Waals surface area (Å²) < 4.78 is 42.8. The van der Waals surface area contributed by atoms with E-state index in [0.29, 0.717) is 13.1 Å². The van der Waals surface area contributed by atoms with E-state index in [1.165, 1.54) is 12.1 Å². The Morgan fingerprint density at radius 2 is 1.69 bits per heavy atom. The Morgan fingerprint density at radius 1 is 1.00 bits per heavy atom. The van der Waals surface area contributed by atoms with Gasteiger partial charge in [0, 0.05) is 13.1 Å². The number of carbonyl (C=O) groups is 1. The predicted octanol–water partition coefficient (Wildman–Crippen LogP) is 3.71. The van der Waals surface area contributed by atoms with E-state index >= 15 is 0 Å². The van der Waals surface area contributed by atoms with Gasteiger partial charge in [0.2, 0.25) is 0 Å². The minimum absolute atomic E-state index is 0.100. The summed E-state index contributed by atoms with van der Waals surface area (Å²) in [7, 11) is -3.98. The highest BCUT2D eigenvalue weighted by atomic mass is 32.2. The largest absolute Gasteiger partial charge is 0.350 e. The average molecular weight is 453 g/mol. The molecule has 0 aliphatic carbocycles. The molecule has 2 N–H and O–H groups in total. The van der Waals surface area contributed by atoms with Crippen LogP contribution in [0.15, 0.2) is 77.7 Å². The molecule has 0 atom stereocenters. The van der Waals surface area contributed by atoms with Gasteiger partial charge in [-0.15, -0.1) is 0 Å². The summed E-state index contributed by atoms with van der Waals surface area (Å²) in [5, 5.41) is 2.83. The molecule has 9 heteroatoms. The molecule has 0 spiro atoms. The number of halogens is 1. The number of hydrogen-bond donors (Lipinski definition) is 2. The molecule has 0 bridgehead atoms. The third-order valence-electron chi connectivity index (χ3n) is 5.01. The maximum atomic E-state index is 13.1. The van der Waals surface area contributed by atoms with Crippen LogP contribution >= 0.6 is 0 Å². The van der Waals surface area contributed by atoms with Crippen LogP contribution in [0.3, 0.4) is 0 Å². The van der Waals surface area contributed by atoms with Crippen molar-refractivity contribution in [3.63, 3.8) is 0 Å². The van der Waals surface area contributed by atoms with Gasteiger partial charge in [-0.05, 0) is 55.5 Å². The van der Waals surface area contributed by atoms with Crippen LogP contribution in [0.5, 0.6) is 0 Å². The second kappa shape index (κ2) is 8.80. The summed E-state index contributed by atoms with van der Waals surface area (Å²) in [6, 6.07) is 18.5. The fourth-order valence-corrected chi connectivity index (χ4v) is 4.52. The van der Waals surface area contributed by atoms with Gasteiger partial charge in [0.1, 0.15) is 11.6 Å². The Morgan fingerprint density at radius 3 is 2.47 bits per heavy atom. The number of carbonyl (C=O) groups excluding carboxylic acids is 1. The number of rotatable bonds is 7. The van der Waals surface area contributed by atoms with Gasteiger partial charge in [-0.3, -0.25) is 9.52 Å². The lowest BCUT2D eigenvalue weighted by atomic mass is 10.1. The second-order valence-electron chi connectivity index (χ2n) is 7.16. The van der Waals surface area contributed by atoms with E-state index in [2.05, 4.69) is 15.0 Å². The molecule has 4 rings (SSSR count). The quantitative estimate of drug-likeness (QED) is 0.447. The summed E-state index contributed by atoms with van der Waals surface area (Å²) in [4.78, 5) is 17.2. The zero-order valence-electron chi connectivity index (χ0n) is 17.2. The average Bonchev–Trinajstić information content (AvgIpc) is 3.09. The van der Waals surface area contributed by atoms with Crippen LogP contribution < -0.4 is 10.0 Å². The lowest BCUT2D eigenvalue weighted by Crippen LogP contribution is -2.28. The molecule has 0 radical (unpaired) electrons. The summed E-state index contributed by atoms with van der Waals surface area (Å²) in [5.41, 5.74) is 2.19. The zero-order valence-corrected chi connectivity index (χ0v) is 18.1. The van der Waals surface area contributed by atoms with Crippen molar-refractivity contribution in [2.45, 2.75) is 18.4 Å². The molecular formula is C23H21FN4O3S. The van der Waals surface area contributed by atoms with E-state index in [0.717, 1.165) is 41.1 Å². The highest BCUT2D eigenvalue weighted by Gasteiger charge is 2.18. The number of aryl methyl sites for hydroxylation is 1. The summed E-state index contributed by atoms with van der Waals surface area (Å²) in [6.45, 7) is 2.75. The highest BCUT2D eigenvalue weighted by molar-refractivity contribution is 7.92. The fourth-order valence-electron chi connectivity index (χ4n) is 3.44. The Balaban J connectivity index is 1.48. The first-order valence-electron chi connectivity index (χ1n) is 9.92. The first kappa shape index (κ1) is 21.5. The number of nitrogens with one attached hydrogen (secondary N) is 2. The van der Waals surface area contributed by atoms with Crippen LogP contribution in [0.2, 0.25) is 0 Å². The van der Waals surface area contributed by atoms with Crippen molar-refractivity contribution in [2.24, 2.45) is 0 Å². The number of amides is 1. The van der Waals surface area contributed by atoms with Crippen molar-refractivity contribution in [2.75, 3.05) is 11.3 Å². The van der Waals surface area contributed by atoms with Gasteiger partial charge in [0.05, 0.1) is 27.2 Å². The molecule has 7 nitrogen and oxygen atoms in total. The first-order valence-corrected chi connectivity index (χ1v) is 11.4. The third-order valence-corrected chi connectivity index (χ3v) is 6.39. The molecule has 0 unspecified atom stereocenters. The van der Waals surface area contributed by atoms with Gasteiger partial charge in [0.25, 0.3) is 15.9 Å². The summed E-state index contributed by atoms with van der Waals surface area (Å²) >= 11 is 0.